The number of carbonyl (C=O) groups is 3. The van der Waals surface area contributed by atoms with Crippen molar-refractivity contribution in [2.24, 2.45) is 5.73 Å². The number of amidine groups is 1. The number of rotatable bonds is 9. The Morgan fingerprint density at radius 2 is 1.97 bits per heavy atom. The van der Waals surface area contributed by atoms with E-state index in [4.69, 9.17) is 25.8 Å². The molecule has 0 aliphatic carbocycles. The highest BCUT2D eigenvalue weighted by atomic mass is 19.1. The van der Waals surface area contributed by atoms with E-state index in [0.29, 0.717) is 12.1 Å². The van der Waals surface area contributed by atoms with Crippen molar-refractivity contribution in [1.29, 1.82) is 5.41 Å². The van der Waals surface area contributed by atoms with Crippen LogP contribution in [0.3, 0.4) is 0 Å². The lowest BCUT2D eigenvalue weighted by Gasteiger charge is -2.26. The van der Waals surface area contributed by atoms with Crippen LogP contribution < -0.4 is 16.4 Å². The van der Waals surface area contributed by atoms with Gasteiger partial charge in [-0.2, -0.15) is 0 Å². The molecule has 188 valence electrons. The molecule has 0 radical (unpaired) electrons. The molecule has 1 heterocycles. The zero-order valence-corrected chi connectivity index (χ0v) is 19.9. The Labute approximate surface area is 202 Å². The summed E-state index contributed by atoms with van der Waals surface area (Å²) < 4.78 is 19.7. The molecule has 0 aromatic heterocycles. The van der Waals surface area contributed by atoms with Crippen molar-refractivity contribution in [3.63, 3.8) is 0 Å². The summed E-state index contributed by atoms with van der Waals surface area (Å²) in [6.07, 6.45) is -1.18. The molecule has 1 atom stereocenters. The lowest BCUT2D eigenvalue weighted by atomic mass is 10.1. The second-order valence-corrected chi connectivity index (χ2v) is 7.56. The zero-order valence-electron chi connectivity index (χ0n) is 19.9. The molecule has 0 saturated carbocycles. The molecule has 2 amide bonds. The van der Waals surface area contributed by atoms with E-state index in [1.807, 2.05) is 6.92 Å². The summed E-state index contributed by atoms with van der Waals surface area (Å²) in [7, 11) is 0. The molecule has 2 aromatic carbocycles. The van der Waals surface area contributed by atoms with Crippen LogP contribution in [0.1, 0.15) is 47.8 Å². The van der Waals surface area contributed by atoms with Gasteiger partial charge in [-0.3, -0.25) is 19.8 Å². The summed E-state index contributed by atoms with van der Waals surface area (Å²) in [6, 6.07) is 9.53. The van der Waals surface area contributed by atoms with Gasteiger partial charge in [0.05, 0.1) is 6.54 Å². The molecule has 2 aromatic rings. The number of hydrogen-bond donors (Lipinski definition) is 5. The maximum atomic E-state index is 14.1. The van der Waals surface area contributed by atoms with Crippen molar-refractivity contribution < 1.29 is 28.6 Å². The number of nitrogens with two attached hydrogens (primary N) is 1. The van der Waals surface area contributed by atoms with Crippen LogP contribution in [0.25, 0.3) is 0 Å². The van der Waals surface area contributed by atoms with Gasteiger partial charge >= 0.3 is 0 Å². The van der Waals surface area contributed by atoms with Crippen LogP contribution in [-0.2, 0) is 27.4 Å². The van der Waals surface area contributed by atoms with E-state index in [0.717, 1.165) is 18.2 Å². The monoisotopic (exact) mass is 487 g/mol. The van der Waals surface area contributed by atoms with Gasteiger partial charge in [0.2, 0.25) is 6.23 Å². The van der Waals surface area contributed by atoms with Gasteiger partial charge in [-0.15, -0.1) is 0 Å². The van der Waals surface area contributed by atoms with Gasteiger partial charge in [0.1, 0.15) is 11.7 Å². The molecule has 0 saturated heterocycles. The fourth-order valence-electron chi connectivity index (χ4n) is 3.49. The first-order valence-corrected chi connectivity index (χ1v) is 11.0. The molecule has 3 rings (SSSR count). The molecule has 0 spiro atoms. The number of amides is 2. The quantitative estimate of drug-likeness (QED) is 0.268. The lowest BCUT2D eigenvalue weighted by Crippen LogP contribution is -2.48. The normalized spacial score (nSPS) is 12.8. The Balaban J connectivity index is 0.00000100. The van der Waals surface area contributed by atoms with E-state index in [9.17, 15) is 14.0 Å². The number of nitrogen functional groups attached to an aromatic ring is 1. The number of nitrogens with zero attached hydrogens (tertiary/aromatic N) is 1. The molecule has 6 N–H and O–H groups in total. The first kappa shape index (κ1) is 27.3. The Morgan fingerprint density at radius 3 is 2.54 bits per heavy atom. The van der Waals surface area contributed by atoms with Crippen LogP contribution in [-0.4, -0.2) is 53.0 Å². The third kappa shape index (κ3) is 7.00. The number of hydrogen-bond acceptors (Lipinski definition) is 6. The van der Waals surface area contributed by atoms with Crippen molar-refractivity contribution in [1.82, 2.24) is 10.2 Å². The first-order chi connectivity index (χ1) is 16.6. The average molecular weight is 488 g/mol. The van der Waals surface area contributed by atoms with E-state index >= 15 is 0 Å². The Hall–Kier alpha value is -3.99. The number of halogens is 1. The van der Waals surface area contributed by atoms with Gasteiger partial charge in [-0.25, -0.2) is 4.39 Å². The second-order valence-electron chi connectivity index (χ2n) is 7.56. The minimum Gasteiger partial charge on any atom is -0.481 e. The summed E-state index contributed by atoms with van der Waals surface area (Å²) in [5.41, 5.74) is 8.17. The smallest absolute Gasteiger partial charge is 0.300 e. The van der Waals surface area contributed by atoms with Crippen LogP contribution in [0.4, 0.5) is 10.1 Å². The van der Waals surface area contributed by atoms with Gasteiger partial charge < -0.3 is 31.1 Å². The summed E-state index contributed by atoms with van der Waals surface area (Å²) in [5.74, 6) is -2.31. The van der Waals surface area contributed by atoms with Crippen LogP contribution >= 0.6 is 0 Å². The SMILES string of the molecule is CC(=O)O.CCNc1cc(C(=N)N)ccc1CNC(=O)C(OCC)N1Cc2c(F)cccc2C1=O. The number of fused-ring (bicyclic) bond motifs is 1. The number of nitrogens with one attached hydrogen (secondary N) is 3. The number of aliphatic carboxylic acids is 1. The molecule has 1 aliphatic rings. The van der Waals surface area contributed by atoms with Crippen molar-refractivity contribution in [2.45, 2.75) is 40.1 Å². The number of carbonyl (C=O) groups excluding carboxylic acids is 2. The van der Waals surface area contributed by atoms with Crippen LogP contribution in [0, 0.1) is 11.2 Å². The van der Waals surface area contributed by atoms with E-state index in [1.54, 1.807) is 31.2 Å². The number of carboxylic acid groups (broad SMARTS) is 1. The highest BCUT2D eigenvalue weighted by Crippen LogP contribution is 2.27. The van der Waals surface area contributed by atoms with Crippen molar-refractivity contribution in [3.8, 4) is 0 Å². The Bertz CT molecular complexity index is 1100. The average Bonchev–Trinajstić information content (AvgIpc) is 3.13. The molecule has 0 bridgehead atoms. The maximum absolute atomic E-state index is 14.1. The predicted octanol–water partition coefficient (Wildman–Crippen LogP) is 2.27. The van der Waals surface area contributed by atoms with Crippen LogP contribution in [0.5, 0.6) is 0 Å². The number of benzene rings is 2. The van der Waals surface area contributed by atoms with E-state index in [2.05, 4.69) is 10.6 Å². The van der Waals surface area contributed by atoms with Gasteiger partial charge in [0.25, 0.3) is 17.8 Å². The molecule has 1 unspecified atom stereocenters. The number of anilines is 1. The molecule has 35 heavy (non-hydrogen) atoms. The van der Waals surface area contributed by atoms with Crippen LogP contribution in [0.2, 0.25) is 0 Å². The third-order valence-corrected chi connectivity index (χ3v) is 5.01. The van der Waals surface area contributed by atoms with Gasteiger partial charge in [0, 0.05) is 49.0 Å². The summed E-state index contributed by atoms with van der Waals surface area (Å²) >= 11 is 0. The summed E-state index contributed by atoms with van der Waals surface area (Å²) in [4.78, 5) is 35.9. The second kappa shape index (κ2) is 12.5. The van der Waals surface area contributed by atoms with Crippen molar-refractivity contribution >= 4 is 29.3 Å². The maximum Gasteiger partial charge on any atom is 0.300 e. The molecule has 10 nitrogen and oxygen atoms in total. The molecule has 0 fully saturated rings. The topological polar surface area (TPSA) is 158 Å². The van der Waals surface area contributed by atoms with Crippen molar-refractivity contribution in [3.05, 3.63) is 64.5 Å². The lowest BCUT2D eigenvalue weighted by molar-refractivity contribution is -0.143. The fraction of sp³-hybridized carbons (Fsp3) is 0.333. The number of ether oxygens (including phenoxy) is 1. The fourth-order valence-corrected chi connectivity index (χ4v) is 3.49. The first-order valence-electron chi connectivity index (χ1n) is 11.0. The Kier molecular flexibility index (Phi) is 9.71. The predicted molar refractivity (Wildman–Crippen MR) is 128 cm³/mol. The van der Waals surface area contributed by atoms with Gasteiger partial charge in [0.15, 0.2) is 0 Å². The minimum atomic E-state index is -1.18. The molecular formula is C24H30FN5O5. The largest absolute Gasteiger partial charge is 0.481 e. The standard InChI is InChI=1S/C22H26FN5O3.C2H4O2/c1-3-26-18-10-13(19(24)25)8-9-14(18)11-27-20(29)22(31-4-2)28-12-16-15(21(28)30)6-5-7-17(16)23;1-2(3)4/h5-10,22,26H,3-4,11-12H2,1-2H3,(H3,24,25)(H,27,29);1H3,(H,3,4). The summed E-state index contributed by atoms with van der Waals surface area (Å²) in [5, 5.41) is 21.0. The molecule has 1 aliphatic heterocycles. The third-order valence-electron chi connectivity index (χ3n) is 5.01. The van der Waals surface area contributed by atoms with E-state index in [1.165, 1.54) is 17.0 Å². The highest BCUT2D eigenvalue weighted by Gasteiger charge is 2.38. The van der Waals surface area contributed by atoms with Gasteiger partial charge in [-0.05, 0) is 37.6 Å². The zero-order chi connectivity index (χ0) is 26.1. The Morgan fingerprint density at radius 1 is 1.29 bits per heavy atom. The van der Waals surface area contributed by atoms with Crippen LogP contribution in [0.15, 0.2) is 36.4 Å². The highest BCUT2D eigenvalue weighted by molar-refractivity contribution is 6.01. The van der Waals surface area contributed by atoms with Gasteiger partial charge in [-0.1, -0.05) is 18.2 Å². The van der Waals surface area contributed by atoms with E-state index < -0.39 is 29.8 Å². The molecular weight excluding hydrogens is 457 g/mol. The van der Waals surface area contributed by atoms with E-state index in [-0.39, 0.29) is 36.7 Å². The minimum absolute atomic E-state index is 0.0329. The number of carboxylic acids is 1. The molecule has 11 heteroatoms. The summed E-state index contributed by atoms with van der Waals surface area (Å²) in [6.45, 7) is 5.73. The van der Waals surface area contributed by atoms with Crippen molar-refractivity contribution in [2.75, 3.05) is 18.5 Å².